The Balaban J connectivity index is 2.21. The minimum absolute atomic E-state index is 1.23. The molecule has 0 aliphatic heterocycles. The molecule has 1 rings (SSSR count). The zero-order chi connectivity index (χ0) is 30.9. The van der Waals surface area contributed by atoms with Gasteiger partial charge in [0, 0.05) is 6.42 Å². The molecule has 0 aliphatic rings. The minimum Gasteiger partial charge on any atom is -0.234 e. The highest BCUT2D eigenvalue weighted by Gasteiger charge is 2.16. The third-order valence-corrected chi connectivity index (χ3v) is 9.85. The van der Waals surface area contributed by atoms with Gasteiger partial charge in [0.05, 0.1) is 13.1 Å². The van der Waals surface area contributed by atoms with Crippen molar-refractivity contribution in [1.29, 1.82) is 0 Å². The molecule has 1 aromatic rings. The standard InChI is InChI=1S/C41H81N2/c1-4-7-10-13-16-18-19-20-21-22-23-24-26-29-32-35-38-43-40-39-42(37-34-31-28-25-17-14-11-8-5-2)41(43)36-33-30-27-15-12-9-6-3/h39-40H,4-38H2,1-3H3/q+1. The van der Waals surface area contributed by atoms with E-state index in [1.54, 1.807) is 5.82 Å². The molecule has 0 amide bonds. The summed E-state index contributed by atoms with van der Waals surface area (Å²) in [5.74, 6) is 1.62. The number of imidazole rings is 1. The average molecular weight is 602 g/mol. The molecule has 0 N–H and O–H groups in total. The van der Waals surface area contributed by atoms with Crippen molar-refractivity contribution in [2.24, 2.45) is 0 Å². The second-order valence-electron chi connectivity index (χ2n) is 14.1. The Hall–Kier alpha value is -0.790. The van der Waals surface area contributed by atoms with E-state index >= 15 is 0 Å². The van der Waals surface area contributed by atoms with Crippen LogP contribution in [0, 0.1) is 0 Å². The van der Waals surface area contributed by atoms with E-state index in [-0.39, 0.29) is 0 Å². The first-order valence-electron chi connectivity index (χ1n) is 20.4. The van der Waals surface area contributed by atoms with Gasteiger partial charge in [-0.2, -0.15) is 0 Å². The van der Waals surface area contributed by atoms with Gasteiger partial charge in [0.1, 0.15) is 12.4 Å². The smallest absolute Gasteiger partial charge is 0.234 e. The van der Waals surface area contributed by atoms with Crippen LogP contribution in [0.5, 0.6) is 0 Å². The fraction of sp³-hybridized carbons (Fsp3) is 0.927. The van der Waals surface area contributed by atoms with E-state index in [0.29, 0.717) is 0 Å². The third-order valence-electron chi connectivity index (χ3n) is 9.85. The number of aryl methyl sites for hydroxylation is 2. The Morgan fingerprint density at radius 2 is 0.721 bits per heavy atom. The van der Waals surface area contributed by atoms with Crippen LogP contribution in [0.3, 0.4) is 0 Å². The molecule has 0 unspecified atom stereocenters. The highest BCUT2D eigenvalue weighted by molar-refractivity contribution is 4.84. The van der Waals surface area contributed by atoms with Crippen LogP contribution in [0.4, 0.5) is 0 Å². The Labute approximate surface area is 272 Å². The molecule has 43 heavy (non-hydrogen) atoms. The van der Waals surface area contributed by atoms with Crippen molar-refractivity contribution in [2.75, 3.05) is 0 Å². The lowest BCUT2D eigenvalue weighted by molar-refractivity contribution is -0.704. The maximum atomic E-state index is 2.63. The van der Waals surface area contributed by atoms with Gasteiger partial charge in [0.2, 0.25) is 0 Å². The molecule has 0 spiro atoms. The first kappa shape index (κ1) is 40.2. The molecular weight excluding hydrogens is 520 g/mol. The number of aromatic nitrogens is 2. The monoisotopic (exact) mass is 602 g/mol. The predicted octanol–water partition coefficient (Wildman–Crippen LogP) is 13.9. The van der Waals surface area contributed by atoms with Gasteiger partial charge in [-0.15, -0.1) is 0 Å². The van der Waals surface area contributed by atoms with E-state index in [0.717, 1.165) is 0 Å². The molecule has 1 heterocycles. The van der Waals surface area contributed by atoms with Crippen LogP contribution in [0.1, 0.15) is 232 Å². The summed E-state index contributed by atoms with van der Waals surface area (Å²) < 4.78 is 5.26. The maximum absolute atomic E-state index is 2.63. The molecule has 2 heteroatoms. The second-order valence-corrected chi connectivity index (χ2v) is 14.1. The second kappa shape index (κ2) is 32.6. The zero-order valence-electron chi connectivity index (χ0n) is 30.3. The molecule has 0 fully saturated rings. The summed E-state index contributed by atoms with van der Waals surface area (Å²) in [7, 11) is 0. The highest BCUT2D eigenvalue weighted by atomic mass is 15.1. The Kier molecular flexibility index (Phi) is 30.5. The van der Waals surface area contributed by atoms with Gasteiger partial charge in [-0.25, -0.2) is 9.13 Å². The summed E-state index contributed by atoms with van der Waals surface area (Å²) >= 11 is 0. The summed E-state index contributed by atoms with van der Waals surface area (Å²) in [5.41, 5.74) is 0. The highest BCUT2D eigenvalue weighted by Crippen LogP contribution is 2.15. The van der Waals surface area contributed by atoms with Gasteiger partial charge >= 0.3 is 0 Å². The third kappa shape index (κ3) is 25.1. The number of hydrogen-bond donors (Lipinski definition) is 0. The van der Waals surface area contributed by atoms with Crippen LogP contribution in [0.15, 0.2) is 12.4 Å². The fourth-order valence-electron chi connectivity index (χ4n) is 6.86. The summed E-state index contributed by atoms with van der Waals surface area (Å²) in [6, 6.07) is 0. The number of nitrogens with zero attached hydrogens (tertiary/aromatic N) is 2. The zero-order valence-corrected chi connectivity index (χ0v) is 30.3. The molecule has 254 valence electrons. The quantitative estimate of drug-likeness (QED) is 0.0540. The molecule has 0 aliphatic carbocycles. The van der Waals surface area contributed by atoms with E-state index < -0.39 is 0 Å². The van der Waals surface area contributed by atoms with Crippen LogP contribution < -0.4 is 4.57 Å². The molecule has 0 atom stereocenters. The van der Waals surface area contributed by atoms with E-state index in [4.69, 9.17) is 0 Å². The summed E-state index contributed by atoms with van der Waals surface area (Å²) in [4.78, 5) is 0. The maximum Gasteiger partial charge on any atom is 0.256 e. The lowest BCUT2D eigenvalue weighted by Gasteiger charge is -2.07. The van der Waals surface area contributed by atoms with Crippen molar-refractivity contribution in [2.45, 2.75) is 246 Å². The molecule has 1 aromatic heterocycles. The van der Waals surface area contributed by atoms with Crippen molar-refractivity contribution in [3.63, 3.8) is 0 Å². The molecule has 0 radical (unpaired) electrons. The van der Waals surface area contributed by atoms with Gasteiger partial charge in [-0.3, -0.25) is 0 Å². The molecular formula is C41H81N2+. The largest absolute Gasteiger partial charge is 0.256 e. The molecule has 2 nitrogen and oxygen atoms in total. The van der Waals surface area contributed by atoms with Gasteiger partial charge in [-0.05, 0) is 32.1 Å². The number of hydrogen-bond acceptors (Lipinski definition) is 0. The average Bonchev–Trinajstić information content (AvgIpc) is 3.40. The van der Waals surface area contributed by atoms with Crippen molar-refractivity contribution in [3.05, 3.63) is 18.2 Å². The van der Waals surface area contributed by atoms with Gasteiger partial charge in [0.15, 0.2) is 0 Å². The van der Waals surface area contributed by atoms with E-state index in [9.17, 15) is 0 Å². The lowest BCUT2D eigenvalue weighted by Crippen LogP contribution is -2.37. The predicted molar refractivity (Wildman–Crippen MR) is 193 cm³/mol. The number of unbranched alkanes of at least 4 members (excludes halogenated alkanes) is 29. The van der Waals surface area contributed by atoms with Crippen LogP contribution >= 0.6 is 0 Å². The Bertz CT molecular complexity index is 663. The molecule has 0 saturated heterocycles. The van der Waals surface area contributed by atoms with Crippen molar-refractivity contribution in [1.82, 2.24) is 4.57 Å². The minimum atomic E-state index is 1.23. The van der Waals surface area contributed by atoms with Gasteiger partial charge in [0.25, 0.3) is 5.82 Å². The molecule has 0 aromatic carbocycles. The summed E-state index contributed by atoms with van der Waals surface area (Å²) in [6.45, 7) is 9.40. The van der Waals surface area contributed by atoms with Crippen LogP contribution in [0.2, 0.25) is 0 Å². The normalized spacial score (nSPS) is 11.6. The van der Waals surface area contributed by atoms with E-state index in [2.05, 4.69) is 42.3 Å². The van der Waals surface area contributed by atoms with Gasteiger partial charge in [-0.1, -0.05) is 194 Å². The van der Waals surface area contributed by atoms with Crippen LogP contribution in [-0.2, 0) is 19.5 Å². The SMILES string of the molecule is CCCCCCCCCCCCCCCCCC[n+]1ccn(CCCCCCCCCCC)c1CCCCCCCCC. The molecule has 0 bridgehead atoms. The first-order valence-corrected chi connectivity index (χ1v) is 20.4. The Morgan fingerprint density at radius 1 is 0.395 bits per heavy atom. The van der Waals surface area contributed by atoms with Crippen LogP contribution in [0.25, 0.3) is 0 Å². The lowest BCUT2D eigenvalue weighted by atomic mass is 10.0. The van der Waals surface area contributed by atoms with Crippen molar-refractivity contribution < 1.29 is 4.57 Å². The number of rotatable bonds is 35. The summed E-state index contributed by atoms with van der Waals surface area (Å²) in [6.07, 6.45) is 51.9. The topological polar surface area (TPSA) is 8.81 Å². The van der Waals surface area contributed by atoms with Gasteiger partial charge < -0.3 is 0 Å². The molecule has 0 saturated carbocycles. The summed E-state index contributed by atoms with van der Waals surface area (Å²) in [5, 5.41) is 0. The van der Waals surface area contributed by atoms with Crippen LogP contribution in [-0.4, -0.2) is 4.57 Å². The first-order chi connectivity index (χ1) is 21.3. The Morgan fingerprint density at radius 3 is 1.12 bits per heavy atom. The van der Waals surface area contributed by atoms with Crippen molar-refractivity contribution >= 4 is 0 Å². The van der Waals surface area contributed by atoms with Crippen molar-refractivity contribution in [3.8, 4) is 0 Å². The van der Waals surface area contributed by atoms with E-state index in [1.807, 2.05) is 0 Å². The van der Waals surface area contributed by atoms with E-state index in [1.165, 1.54) is 225 Å². The fourth-order valence-corrected chi connectivity index (χ4v) is 6.86.